The zero-order chi connectivity index (χ0) is 10.7. The molecule has 2 saturated heterocycles. The van der Waals surface area contributed by atoms with Crippen LogP contribution in [-0.2, 0) is 0 Å². The Balaban J connectivity index is 1.96. The molecule has 0 aromatic heterocycles. The maximum Gasteiger partial charge on any atom is 0.0681 e. The van der Waals surface area contributed by atoms with Gasteiger partial charge in [0.05, 0.1) is 5.66 Å². The van der Waals surface area contributed by atoms with Crippen LogP contribution >= 0.6 is 0 Å². The molecule has 2 N–H and O–H groups in total. The van der Waals surface area contributed by atoms with Gasteiger partial charge in [0, 0.05) is 52.4 Å². The molecule has 4 nitrogen and oxygen atoms in total. The summed E-state index contributed by atoms with van der Waals surface area (Å²) in [5, 5.41) is 6.83. The van der Waals surface area contributed by atoms with Gasteiger partial charge in [0.15, 0.2) is 0 Å². The number of hydrogen-bond donors (Lipinski definition) is 2. The van der Waals surface area contributed by atoms with Gasteiger partial charge in [0.2, 0.25) is 0 Å². The average molecular weight is 212 g/mol. The SMILES string of the molecule is CC(C)(N1CCNCC1)N1CCNCC1. The zero-order valence-corrected chi connectivity index (χ0v) is 10.1. The molecule has 0 aromatic carbocycles. The van der Waals surface area contributed by atoms with Crippen molar-refractivity contribution in [3.8, 4) is 0 Å². The van der Waals surface area contributed by atoms with E-state index in [2.05, 4.69) is 34.3 Å². The van der Waals surface area contributed by atoms with Gasteiger partial charge in [-0.1, -0.05) is 0 Å². The molecule has 0 aliphatic carbocycles. The molecule has 0 atom stereocenters. The topological polar surface area (TPSA) is 30.5 Å². The van der Waals surface area contributed by atoms with E-state index >= 15 is 0 Å². The Hall–Kier alpha value is -0.160. The number of hydrogen-bond acceptors (Lipinski definition) is 4. The highest BCUT2D eigenvalue weighted by molar-refractivity contribution is 4.87. The zero-order valence-electron chi connectivity index (χ0n) is 10.1. The second kappa shape index (κ2) is 4.78. The lowest BCUT2D eigenvalue weighted by molar-refractivity contribution is -0.0442. The van der Waals surface area contributed by atoms with Crippen LogP contribution in [0.15, 0.2) is 0 Å². The maximum atomic E-state index is 3.42. The Bertz CT molecular complexity index is 173. The summed E-state index contributed by atoms with van der Waals surface area (Å²) in [7, 11) is 0. The van der Waals surface area contributed by atoms with Crippen LogP contribution in [0.3, 0.4) is 0 Å². The van der Waals surface area contributed by atoms with Gasteiger partial charge in [0.1, 0.15) is 0 Å². The summed E-state index contributed by atoms with van der Waals surface area (Å²) < 4.78 is 0. The molecule has 2 aliphatic rings. The Morgan fingerprint density at radius 2 is 1.07 bits per heavy atom. The van der Waals surface area contributed by atoms with Crippen LogP contribution in [0.5, 0.6) is 0 Å². The van der Waals surface area contributed by atoms with Crippen molar-refractivity contribution in [2.24, 2.45) is 0 Å². The highest BCUT2D eigenvalue weighted by Gasteiger charge is 2.34. The monoisotopic (exact) mass is 212 g/mol. The molecule has 0 spiro atoms. The van der Waals surface area contributed by atoms with Crippen molar-refractivity contribution in [3.05, 3.63) is 0 Å². The van der Waals surface area contributed by atoms with Gasteiger partial charge < -0.3 is 10.6 Å². The van der Waals surface area contributed by atoms with E-state index in [1.54, 1.807) is 0 Å². The number of piperazine rings is 2. The first-order valence-corrected chi connectivity index (χ1v) is 6.13. The molecule has 0 aromatic rings. The lowest BCUT2D eigenvalue weighted by atomic mass is 10.1. The minimum atomic E-state index is 0.226. The Kier molecular flexibility index (Phi) is 3.61. The van der Waals surface area contributed by atoms with Crippen LogP contribution in [-0.4, -0.2) is 67.8 Å². The molecular formula is C11H24N4. The molecule has 0 saturated carbocycles. The summed E-state index contributed by atoms with van der Waals surface area (Å²) in [6, 6.07) is 0. The van der Waals surface area contributed by atoms with Gasteiger partial charge >= 0.3 is 0 Å². The number of nitrogens with zero attached hydrogens (tertiary/aromatic N) is 2. The maximum absolute atomic E-state index is 3.42. The van der Waals surface area contributed by atoms with Gasteiger partial charge in [-0.25, -0.2) is 0 Å². The fourth-order valence-corrected chi connectivity index (χ4v) is 2.62. The van der Waals surface area contributed by atoms with Gasteiger partial charge in [-0.05, 0) is 13.8 Å². The van der Waals surface area contributed by atoms with E-state index in [0.717, 1.165) is 26.2 Å². The first kappa shape index (κ1) is 11.3. The molecule has 0 unspecified atom stereocenters. The predicted molar refractivity (Wildman–Crippen MR) is 63.0 cm³/mol. The first-order chi connectivity index (χ1) is 7.21. The van der Waals surface area contributed by atoms with E-state index in [0.29, 0.717) is 0 Å². The molecule has 15 heavy (non-hydrogen) atoms. The molecule has 2 fully saturated rings. The fourth-order valence-electron chi connectivity index (χ4n) is 2.62. The molecule has 0 amide bonds. The predicted octanol–water partition coefficient (Wildman–Crippen LogP) is -0.467. The quantitative estimate of drug-likeness (QED) is 0.648. The van der Waals surface area contributed by atoms with Crippen molar-refractivity contribution in [2.45, 2.75) is 19.5 Å². The van der Waals surface area contributed by atoms with E-state index in [9.17, 15) is 0 Å². The fraction of sp³-hybridized carbons (Fsp3) is 1.00. The van der Waals surface area contributed by atoms with Gasteiger partial charge in [-0.3, -0.25) is 9.80 Å². The van der Waals surface area contributed by atoms with E-state index in [1.807, 2.05) is 0 Å². The highest BCUT2D eigenvalue weighted by atomic mass is 15.4. The van der Waals surface area contributed by atoms with Crippen molar-refractivity contribution in [1.82, 2.24) is 20.4 Å². The Labute approximate surface area is 93.0 Å². The van der Waals surface area contributed by atoms with Crippen LogP contribution in [0.4, 0.5) is 0 Å². The van der Waals surface area contributed by atoms with Crippen molar-refractivity contribution in [1.29, 1.82) is 0 Å². The summed E-state index contributed by atoms with van der Waals surface area (Å²) in [4.78, 5) is 5.21. The second-order valence-electron chi connectivity index (χ2n) is 4.97. The third kappa shape index (κ3) is 2.50. The second-order valence-corrected chi connectivity index (χ2v) is 4.97. The molecule has 2 heterocycles. The molecular weight excluding hydrogens is 188 g/mol. The smallest absolute Gasteiger partial charge is 0.0681 e. The molecule has 0 bridgehead atoms. The van der Waals surface area contributed by atoms with Gasteiger partial charge in [-0.15, -0.1) is 0 Å². The van der Waals surface area contributed by atoms with Gasteiger partial charge in [-0.2, -0.15) is 0 Å². The minimum absolute atomic E-state index is 0.226. The largest absolute Gasteiger partial charge is 0.314 e. The summed E-state index contributed by atoms with van der Waals surface area (Å²) in [5.41, 5.74) is 0.226. The van der Waals surface area contributed by atoms with Crippen molar-refractivity contribution in [3.63, 3.8) is 0 Å². The standard InChI is InChI=1S/C11H24N4/c1-11(2,14-7-3-12-4-8-14)15-9-5-13-6-10-15/h12-13H,3-10H2,1-2H3. The van der Waals surface area contributed by atoms with E-state index < -0.39 is 0 Å². The molecule has 0 radical (unpaired) electrons. The Morgan fingerprint density at radius 1 is 0.733 bits per heavy atom. The lowest BCUT2D eigenvalue weighted by Gasteiger charge is -2.49. The normalized spacial score (nSPS) is 26.8. The van der Waals surface area contributed by atoms with Crippen LogP contribution < -0.4 is 10.6 Å². The molecule has 88 valence electrons. The number of nitrogens with one attached hydrogen (secondary N) is 2. The highest BCUT2D eigenvalue weighted by Crippen LogP contribution is 2.20. The summed E-state index contributed by atoms with van der Waals surface area (Å²) in [6.45, 7) is 14.0. The van der Waals surface area contributed by atoms with Gasteiger partial charge in [0.25, 0.3) is 0 Å². The average Bonchev–Trinajstić information content (AvgIpc) is 2.31. The molecule has 2 rings (SSSR count). The van der Waals surface area contributed by atoms with Crippen LogP contribution in [0.25, 0.3) is 0 Å². The van der Waals surface area contributed by atoms with Crippen molar-refractivity contribution < 1.29 is 0 Å². The first-order valence-electron chi connectivity index (χ1n) is 6.13. The summed E-state index contributed by atoms with van der Waals surface area (Å²) in [5.74, 6) is 0. The third-order valence-corrected chi connectivity index (χ3v) is 3.78. The third-order valence-electron chi connectivity index (χ3n) is 3.78. The van der Waals surface area contributed by atoms with Crippen molar-refractivity contribution >= 4 is 0 Å². The van der Waals surface area contributed by atoms with E-state index in [4.69, 9.17) is 0 Å². The van der Waals surface area contributed by atoms with Crippen molar-refractivity contribution in [2.75, 3.05) is 52.4 Å². The van der Waals surface area contributed by atoms with Crippen LogP contribution in [0, 0.1) is 0 Å². The summed E-state index contributed by atoms with van der Waals surface area (Å²) >= 11 is 0. The van der Waals surface area contributed by atoms with Crippen LogP contribution in [0.1, 0.15) is 13.8 Å². The minimum Gasteiger partial charge on any atom is -0.314 e. The van der Waals surface area contributed by atoms with Crippen LogP contribution in [0.2, 0.25) is 0 Å². The van der Waals surface area contributed by atoms with E-state index in [-0.39, 0.29) is 5.66 Å². The lowest BCUT2D eigenvalue weighted by Crippen LogP contribution is -2.64. The summed E-state index contributed by atoms with van der Waals surface area (Å²) in [6.07, 6.45) is 0. The molecule has 2 aliphatic heterocycles. The number of rotatable bonds is 2. The Morgan fingerprint density at radius 3 is 1.40 bits per heavy atom. The molecule has 4 heteroatoms. The van der Waals surface area contributed by atoms with E-state index in [1.165, 1.54) is 26.2 Å².